The van der Waals surface area contributed by atoms with Crippen molar-refractivity contribution in [1.82, 2.24) is 59.8 Å². The van der Waals surface area contributed by atoms with Gasteiger partial charge >= 0.3 is 46.9 Å². The van der Waals surface area contributed by atoms with Crippen LogP contribution in [0.25, 0.3) is 34.4 Å². The Bertz CT molecular complexity index is 4180. The molecule has 35 nitrogen and oxygen atoms in total. The van der Waals surface area contributed by atoms with Crippen LogP contribution in [0.15, 0.2) is 106 Å². The van der Waals surface area contributed by atoms with Crippen LogP contribution in [0.5, 0.6) is 0 Å². The Hall–Kier alpha value is -6.37. The number of halogens is 6. The normalized spacial score (nSPS) is 11.5. The van der Waals surface area contributed by atoms with Gasteiger partial charge in [0.15, 0.2) is 16.5 Å². The molecule has 3 aromatic carbocycles. The van der Waals surface area contributed by atoms with E-state index in [1.165, 1.54) is 36.4 Å². The van der Waals surface area contributed by atoms with E-state index in [-0.39, 0.29) is 145 Å². The predicted octanol–water partition coefficient (Wildman–Crippen LogP) is 0.283. The second-order valence-electron chi connectivity index (χ2n) is 18.4. The van der Waals surface area contributed by atoms with E-state index in [2.05, 4.69) is 113 Å². The number of hydrogen-bond acceptors (Lipinski definition) is 30. The van der Waals surface area contributed by atoms with Crippen LogP contribution in [-0.4, -0.2) is 175 Å². The van der Waals surface area contributed by atoms with Gasteiger partial charge in [0.05, 0.1) is 61.0 Å². The molecule has 0 atom stereocenters. The largest absolute Gasteiger partial charge is 1.00 e. The smallest absolute Gasteiger partial charge is 0.870 e. The maximum atomic E-state index is 13.5. The number of benzene rings is 3. The molecule has 8 aromatic rings. The van der Waals surface area contributed by atoms with Crippen molar-refractivity contribution >= 4 is 89.2 Å². The van der Waals surface area contributed by atoms with Gasteiger partial charge in [-0.1, -0.05) is 31.8 Å². The quantitative estimate of drug-likeness (QED) is 0.00794. The minimum absolute atomic E-state index is 0. The van der Waals surface area contributed by atoms with Gasteiger partial charge in [0.25, 0.3) is 5.69 Å². The molecule has 0 unspecified atom stereocenters. The van der Waals surface area contributed by atoms with E-state index in [9.17, 15) is 63.3 Å². The number of sulfonamides is 2. The van der Waals surface area contributed by atoms with E-state index in [4.69, 9.17) is 34.8 Å². The van der Waals surface area contributed by atoms with E-state index in [1.807, 2.05) is 0 Å². The van der Waals surface area contributed by atoms with E-state index < -0.39 is 75.3 Å². The zero-order chi connectivity index (χ0) is 66.9. The number of hydrogen-bond donors (Lipinski definition) is 7. The van der Waals surface area contributed by atoms with Gasteiger partial charge in [-0.25, -0.2) is 75.9 Å². The molecular weight excluding hydrogens is 1520 g/mol. The molecule has 0 aliphatic heterocycles. The SMILES string of the molecule is NCCCS(=O)(=O)CCCO.O=S(=O)(CCCCc1nonc1/C(Cc1ccc(F)c(Br)c1)=N/O)NCCO.O=c1onc(-c2nonc2CCCCS(=O)(=O)NCCO)n1-c1ccc(F)c(Br)c1.O=c1onc(-c2nonc2[N+](=O)[O-])n1-c1ccc(F)c(Br)c1.[Na+].[OH-]. The molecule has 45 heteroatoms. The minimum Gasteiger partial charge on any atom is -0.870 e. The monoisotopic (exact) mass is 1580 g/mol. The van der Waals surface area contributed by atoms with Gasteiger partial charge in [-0.2, -0.15) is 0 Å². The van der Waals surface area contributed by atoms with Gasteiger partial charge in [-0.05, 0) is 180 Å². The van der Waals surface area contributed by atoms with Gasteiger partial charge in [0.2, 0.25) is 31.7 Å². The van der Waals surface area contributed by atoms with E-state index in [0.717, 1.165) is 15.2 Å². The summed E-state index contributed by atoms with van der Waals surface area (Å²) in [6, 6.07) is 12.0. The van der Waals surface area contributed by atoms with Crippen molar-refractivity contribution in [3.05, 3.63) is 139 Å². The summed E-state index contributed by atoms with van der Waals surface area (Å²) < 4.78 is 139. The Morgan fingerprint density at radius 2 is 1.08 bits per heavy atom. The number of aliphatic hydroxyl groups is 3. The number of nitrogens with one attached hydrogen (secondary N) is 2. The number of aromatic nitrogens is 10. The Labute approximate surface area is 571 Å². The summed E-state index contributed by atoms with van der Waals surface area (Å²) in [5.74, 6) is -4.20. The first-order valence-corrected chi connectivity index (χ1v) is 33.8. The number of aliphatic hydroxyl groups excluding tert-OH is 3. The second kappa shape index (κ2) is 39.5. The van der Waals surface area contributed by atoms with E-state index in [1.54, 1.807) is 12.1 Å². The van der Waals surface area contributed by atoms with Crippen LogP contribution in [-0.2, 0) is 49.1 Å². The molecule has 93 heavy (non-hydrogen) atoms. The van der Waals surface area contributed by atoms with Gasteiger partial charge in [-0.15, -0.1) is 4.63 Å². The maximum Gasteiger partial charge on any atom is 1.00 e. The molecule has 0 radical (unpaired) electrons. The van der Waals surface area contributed by atoms with Crippen LogP contribution < -0.4 is 56.2 Å². The summed E-state index contributed by atoms with van der Waals surface area (Å²) >= 11 is 9.14. The van der Waals surface area contributed by atoms with Crippen molar-refractivity contribution in [2.24, 2.45) is 10.9 Å². The number of rotatable bonds is 30. The Balaban J connectivity index is 0.000000336. The average molecular weight is 1580 g/mol. The molecule has 0 aliphatic carbocycles. The average Bonchev–Trinajstić information content (AvgIpc) is 1.68. The zero-order valence-corrected chi connectivity index (χ0v) is 57.6. The number of aryl methyl sites for hydroxylation is 2. The summed E-state index contributed by atoms with van der Waals surface area (Å²) in [5.41, 5.74) is 7.32. The molecule has 504 valence electrons. The predicted molar refractivity (Wildman–Crippen MR) is 323 cm³/mol. The first kappa shape index (κ1) is 80.9. The number of nitrogens with two attached hydrogens (primary N) is 1. The molecule has 0 saturated heterocycles. The number of sulfone groups is 1. The first-order valence-electron chi connectivity index (χ1n) is 26.3. The number of nitro groups is 1. The third kappa shape index (κ3) is 25.0. The van der Waals surface area contributed by atoms with E-state index in [0.29, 0.717) is 80.6 Å². The molecule has 5 aromatic heterocycles. The molecule has 0 saturated carbocycles. The Morgan fingerprint density at radius 3 is 1.56 bits per heavy atom. The molecule has 0 amide bonds. The topological polar surface area (TPSA) is 532 Å². The van der Waals surface area contributed by atoms with Crippen LogP contribution >= 0.6 is 47.8 Å². The number of unbranched alkanes of at least 4 members (excludes halogenated alkanes) is 2. The van der Waals surface area contributed by atoms with Crippen molar-refractivity contribution in [3.63, 3.8) is 0 Å². The summed E-state index contributed by atoms with van der Waals surface area (Å²) in [6.07, 6.45) is 3.31. The van der Waals surface area contributed by atoms with Gasteiger partial charge < -0.3 is 41.9 Å². The fraction of sp³-hybridized carbons (Fsp3) is 0.396. The molecule has 0 fully saturated rings. The number of oxime groups is 1. The summed E-state index contributed by atoms with van der Waals surface area (Å²) in [7, 11) is -9.85. The molecule has 9 N–H and O–H groups in total. The van der Waals surface area contributed by atoms with Crippen molar-refractivity contribution < 1.29 is 122 Å². The fourth-order valence-corrected chi connectivity index (χ4v) is 12.3. The van der Waals surface area contributed by atoms with Crippen LogP contribution in [0, 0.1) is 27.6 Å². The van der Waals surface area contributed by atoms with Crippen molar-refractivity contribution in [2.75, 3.05) is 62.5 Å². The molecule has 5 heterocycles. The van der Waals surface area contributed by atoms with Crippen LogP contribution in [0.1, 0.15) is 61.2 Å². The Kier molecular flexibility index (Phi) is 34.3. The standard InChI is InChI=1S/C16H17BrFN5O6S.C16H20BrFN4O5S.C10H3BrFN5O5.C6H15NO3S.Na.H2O/c17-11-9-10(4-5-12(11)18)23-15(22-28-16(23)25)14-13(20-29-21-14)3-1-2-8-30(26,27)19-6-7-24;17-12-9-11(4-5-13(12)18)10-15(20-24)16-14(21-27-22-16)3-1-2-8-28(25,26)19-6-7-23;11-5-3-4(1-2-6(5)12)16-8(14-21-10(16)18)7-9(17(19)20)15-22-13-7;7-3-1-5-11(9,10)6-2-4-8;;/h4-5,9,19,24H,1-3,6-8H2;4-5,9,19,23-24H,1-3,6-8,10H2;1-3H;8H,1-7H2;;1H2/q;;;;+1;/p-1/b;20-15+;;;;. The Morgan fingerprint density at radius 1 is 0.613 bits per heavy atom. The summed E-state index contributed by atoms with van der Waals surface area (Å²) in [6.45, 7) is -0.267. The van der Waals surface area contributed by atoms with Crippen molar-refractivity contribution in [3.8, 4) is 34.4 Å². The van der Waals surface area contributed by atoms with Crippen LogP contribution in [0.2, 0.25) is 0 Å². The van der Waals surface area contributed by atoms with E-state index >= 15 is 0 Å². The van der Waals surface area contributed by atoms with Gasteiger partial charge in [0, 0.05) is 26.1 Å². The van der Waals surface area contributed by atoms with Crippen molar-refractivity contribution in [2.45, 2.75) is 57.8 Å². The molecular formula is C48H56Br3F3N15NaO20S3. The number of nitrogens with zero attached hydrogens (tertiary/aromatic N) is 12. The van der Waals surface area contributed by atoms with Gasteiger partial charge in [0.1, 0.15) is 44.4 Å². The fourth-order valence-electron chi connectivity index (χ4n) is 7.49. The molecule has 0 aliphatic rings. The van der Waals surface area contributed by atoms with Crippen LogP contribution in [0.4, 0.5) is 19.0 Å². The first-order chi connectivity index (χ1) is 43.3. The summed E-state index contributed by atoms with van der Waals surface area (Å²) in [4.78, 5) is 33.9. The minimum atomic E-state index is -3.47. The molecule has 0 bridgehead atoms. The molecule has 0 spiro atoms. The second-order valence-corrected chi connectivity index (χ2v) is 27.1. The third-order valence-corrected chi connectivity index (χ3v) is 18.3. The summed E-state index contributed by atoms with van der Waals surface area (Å²) in [5, 5.41) is 77.9. The van der Waals surface area contributed by atoms with Gasteiger partial charge in [-0.3, -0.25) is 9.05 Å². The van der Waals surface area contributed by atoms with Crippen molar-refractivity contribution in [1.29, 1.82) is 0 Å². The third-order valence-electron chi connectivity index (χ3n) is 11.8. The van der Waals surface area contributed by atoms with Crippen LogP contribution in [0.3, 0.4) is 0 Å². The zero-order valence-electron chi connectivity index (χ0n) is 48.4. The maximum absolute atomic E-state index is 13.5. The molecule has 8 rings (SSSR count).